The maximum absolute atomic E-state index is 11.9. The van der Waals surface area contributed by atoms with E-state index in [4.69, 9.17) is 24.7 Å². The first-order valence-corrected chi connectivity index (χ1v) is 6.64. The molecule has 118 valence electrons. The van der Waals surface area contributed by atoms with E-state index in [1.54, 1.807) is 47.3 Å². The number of carbonyl (C=O) groups is 1. The minimum atomic E-state index is -1.15. The number of nitrogens with two attached hydrogens (primary N) is 1. The van der Waals surface area contributed by atoms with Crippen molar-refractivity contribution in [1.82, 2.24) is 0 Å². The van der Waals surface area contributed by atoms with Gasteiger partial charge < -0.3 is 24.7 Å². The van der Waals surface area contributed by atoms with Gasteiger partial charge in [-0.15, -0.1) is 0 Å². The van der Waals surface area contributed by atoms with Crippen LogP contribution in [-0.2, 0) is 16.0 Å². The average Bonchev–Trinajstić information content (AvgIpc) is 2.46. The van der Waals surface area contributed by atoms with E-state index in [1.807, 2.05) is 0 Å². The zero-order valence-electron chi connectivity index (χ0n) is 13.2. The summed E-state index contributed by atoms with van der Waals surface area (Å²) in [6.45, 7) is 3.65. The van der Waals surface area contributed by atoms with Crippen molar-refractivity contribution in [2.24, 2.45) is 5.73 Å². The predicted octanol–water partition coefficient (Wildman–Crippen LogP) is 1.54. The van der Waals surface area contributed by atoms with Crippen LogP contribution in [0.2, 0.25) is 0 Å². The molecule has 0 saturated carbocycles. The SMILES string of the molecule is CCOC(=O)[C@@](C)(N)Cc1cc(OC)c(OC)cc1OC. The summed E-state index contributed by atoms with van der Waals surface area (Å²) in [6.07, 6.45) is 0.259. The highest BCUT2D eigenvalue weighted by molar-refractivity contribution is 5.80. The van der Waals surface area contributed by atoms with Gasteiger partial charge in [0.2, 0.25) is 0 Å². The fourth-order valence-electron chi connectivity index (χ4n) is 1.99. The zero-order valence-corrected chi connectivity index (χ0v) is 13.2. The summed E-state index contributed by atoms with van der Waals surface area (Å²) in [4.78, 5) is 11.9. The van der Waals surface area contributed by atoms with Gasteiger partial charge in [0, 0.05) is 18.1 Å². The maximum atomic E-state index is 11.9. The molecule has 1 aromatic carbocycles. The van der Waals surface area contributed by atoms with Gasteiger partial charge in [0.15, 0.2) is 11.5 Å². The summed E-state index contributed by atoms with van der Waals surface area (Å²) >= 11 is 0. The van der Waals surface area contributed by atoms with E-state index in [2.05, 4.69) is 0 Å². The summed E-state index contributed by atoms with van der Waals surface area (Å²) in [5, 5.41) is 0. The van der Waals surface area contributed by atoms with Gasteiger partial charge >= 0.3 is 5.97 Å². The van der Waals surface area contributed by atoms with E-state index < -0.39 is 11.5 Å². The van der Waals surface area contributed by atoms with E-state index >= 15 is 0 Å². The number of methoxy groups -OCH3 is 3. The number of hydrogen-bond acceptors (Lipinski definition) is 6. The standard InChI is InChI=1S/C15H23NO5/c1-6-21-14(17)15(2,16)9-10-7-12(19-4)13(20-5)8-11(10)18-3/h7-8H,6,9,16H2,1-5H3/t15-/m0/s1. The molecule has 0 radical (unpaired) electrons. The Balaban J connectivity index is 3.14. The van der Waals surface area contributed by atoms with Gasteiger partial charge in [0.05, 0.1) is 27.9 Å². The zero-order chi connectivity index (χ0) is 16.0. The highest BCUT2D eigenvalue weighted by Gasteiger charge is 2.32. The molecule has 0 aliphatic carbocycles. The van der Waals surface area contributed by atoms with Crippen LogP contribution in [0.15, 0.2) is 12.1 Å². The fourth-order valence-corrected chi connectivity index (χ4v) is 1.99. The first-order chi connectivity index (χ1) is 9.89. The number of carbonyl (C=O) groups excluding carboxylic acids is 1. The van der Waals surface area contributed by atoms with Crippen LogP contribution in [0.1, 0.15) is 19.4 Å². The number of benzene rings is 1. The molecule has 1 aromatic rings. The first-order valence-electron chi connectivity index (χ1n) is 6.64. The molecule has 1 atom stereocenters. The molecule has 0 fully saturated rings. The molecule has 0 saturated heterocycles. The second-order valence-electron chi connectivity index (χ2n) is 4.83. The normalized spacial score (nSPS) is 13.2. The molecule has 21 heavy (non-hydrogen) atoms. The largest absolute Gasteiger partial charge is 0.496 e. The van der Waals surface area contributed by atoms with E-state index in [0.29, 0.717) is 17.2 Å². The Morgan fingerprint density at radius 3 is 2.10 bits per heavy atom. The highest BCUT2D eigenvalue weighted by Crippen LogP contribution is 2.36. The van der Waals surface area contributed by atoms with Crippen molar-refractivity contribution < 1.29 is 23.7 Å². The molecule has 0 aliphatic heterocycles. The number of hydrogen-bond donors (Lipinski definition) is 1. The lowest BCUT2D eigenvalue weighted by Gasteiger charge is -2.24. The Kier molecular flexibility index (Phi) is 5.84. The molecular formula is C15H23NO5. The lowest BCUT2D eigenvalue weighted by Crippen LogP contribution is -2.48. The monoisotopic (exact) mass is 297 g/mol. The number of esters is 1. The summed E-state index contributed by atoms with van der Waals surface area (Å²) < 4.78 is 20.8. The highest BCUT2D eigenvalue weighted by atomic mass is 16.5. The molecule has 6 heteroatoms. The Morgan fingerprint density at radius 2 is 1.62 bits per heavy atom. The summed E-state index contributed by atoms with van der Waals surface area (Å²) in [5.74, 6) is 1.22. The summed E-state index contributed by atoms with van der Waals surface area (Å²) in [7, 11) is 4.63. The molecule has 0 aromatic heterocycles. The third-order valence-electron chi connectivity index (χ3n) is 3.09. The van der Waals surface area contributed by atoms with Crippen LogP contribution in [0.3, 0.4) is 0 Å². The molecule has 1 rings (SSSR count). The minimum Gasteiger partial charge on any atom is -0.496 e. The Morgan fingerprint density at radius 1 is 1.10 bits per heavy atom. The Hall–Kier alpha value is -1.95. The van der Waals surface area contributed by atoms with Crippen molar-refractivity contribution in [3.05, 3.63) is 17.7 Å². The molecule has 0 heterocycles. The van der Waals surface area contributed by atoms with Gasteiger partial charge in [-0.2, -0.15) is 0 Å². The molecule has 2 N–H and O–H groups in total. The lowest BCUT2D eigenvalue weighted by atomic mass is 9.93. The smallest absolute Gasteiger partial charge is 0.326 e. The van der Waals surface area contributed by atoms with Crippen LogP contribution in [-0.4, -0.2) is 39.4 Å². The Labute approximate surface area is 125 Å². The van der Waals surface area contributed by atoms with Crippen molar-refractivity contribution >= 4 is 5.97 Å². The second-order valence-corrected chi connectivity index (χ2v) is 4.83. The molecule has 0 spiro atoms. The first kappa shape index (κ1) is 17.1. The predicted molar refractivity (Wildman–Crippen MR) is 79.0 cm³/mol. The van der Waals surface area contributed by atoms with Crippen LogP contribution in [0.5, 0.6) is 17.2 Å². The molecule has 0 unspecified atom stereocenters. The number of rotatable bonds is 7. The maximum Gasteiger partial charge on any atom is 0.326 e. The van der Waals surface area contributed by atoms with Gasteiger partial charge in [-0.25, -0.2) is 0 Å². The molecule has 0 bridgehead atoms. The van der Waals surface area contributed by atoms with Crippen molar-refractivity contribution in [3.8, 4) is 17.2 Å². The van der Waals surface area contributed by atoms with E-state index in [-0.39, 0.29) is 13.0 Å². The van der Waals surface area contributed by atoms with Crippen LogP contribution in [0.25, 0.3) is 0 Å². The van der Waals surface area contributed by atoms with Crippen molar-refractivity contribution in [1.29, 1.82) is 0 Å². The van der Waals surface area contributed by atoms with Crippen LogP contribution in [0.4, 0.5) is 0 Å². The molecule has 6 nitrogen and oxygen atoms in total. The van der Waals surface area contributed by atoms with Crippen molar-refractivity contribution in [2.75, 3.05) is 27.9 Å². The van der Waals surface area contributed by atoms with Crippen molar-refractivity contribution in [2.45, 2.75) is 25.8 Å². The second kappa shape index (κ2) is 7.17. The summed E-state index contributed by atoms with van der Waals surface area (Å²) in [5.41, 5.74) is 5.66. The molecule has 0 aliphatic rings. The van der Waals surface area contributed by atoms with Gasteiger partial charge in [0.1, 0.15) is 11.3 Å². The third kappa shape index (κ3) is 4.01. The van der Waals surface area contributed by atoms with Crippen LogP contribution >= 0.6 is 0 Å². The van der Waals surface area contributed by atoms with Gasteiger partial charge in [-0.1, -0.05) is 0 Å². The van der Waals surface area contributed by atoms with Crippen molar-refractivity contribution in [3.63, 3.8) is 0 Å². The van der Waals surface area contributed by atoms with E-state index in [9.17, 15) is 4.79 Å². The lowest BCUT2D eigenvalue weighted by molar-refractivity contribution is -0.148. The quantitative estimate of drug-likeness (QED) is 0.769. The Bertz CT molecular complexity index is 499. The minimum absolute atomic E-state index is 0.259. The molecular weight excluding hydrogens is 274 g/mol. The third-order valence-corrected chi connectivity index (χ3v) is 3.09. The van der Waals surface area contributed by atoms with Gasteiger partial charge in [-0.05, 0) is 19.9 Å². The topological polar surface area (TPSA) is 80.0 Å². The fraction of sp³-hybridized carbons (Fsp3) is 0.533. The van der Waals surface area contributed by atoms with E-state index in [1.165, 1.54) is 0 Å². The van der Waals surface area contributed by atoms with Crippen LogP contribution in [0, 0.1) is 0 Å². The van der Waals surface area contributed by atoms with Gasteiger partial charge in [0.25, 0.3) is 0 Å². The molecule has 0 amide bonds. The summed E-state index contributed by atoms with van der Waals surface area (Å²) in [6, 6.07) is 3.46. The average molecular weight is 297 g/mol. The number of ether oxygens (including phenoxy) is 4. The van der Waals surface area contributed by atoms with Gasteiger partial charge in [-0.3, -0.25) is 4.79 Å². The van der Waals surface area contributed by atoms with E-state index in [0.717, 1.165) is 5.56 Å². The van der Waals surface area contributed by atoms with Crippen LogP contribution < -0.4 is 19.9 Å².